The van der Waals surface area contributed by atoms with Gasteiger partial charge in [0.15, 0.2) is 0 Å². The maximum Gasteiger partial charge on any atom is 0.122 e. The maximum atomic E-state index is 5.71. The molecule has 18 heavy (non-hydrogen) atoms. The highest BCUT2D eigenvalue weighted by Crippen LogP contribution is 2.39. The van der Waals surface area contributed by atoms with Crippen LogP contribution in [0.25, 0.3) is 0 Å². The summed E-state index contributed by atoms with van der Waals surface area (Å²) in [5.41, 5.74) is 3.96. The summed E-state index contributed by atoms with van der Waals surface area (Å²) in [6.45, 7) is 0. The largest absolute Gasteiger partial charge is 0.496 e. The van der Waals surface area contributed by atoms with E-state index in [0.29, 0.717) is 0 Å². The van der Waals surface area contributed by atoms with Crippen molar-refractivity contribution in [1.82, 2.24) is 5.43 Å². The standard InChI is InChI=1S/C14H22N2O2/c1-17-12-7-4-3-6-11(12)10-13(16-15)14(18-2)8-5-9-14/h3-4,6-7,13,16H,5,8-10,15H2,1-2H3. The summed E-state index contributed by atoms with van der Waals surface area (Å²) in [5.74, 6) is 6.62. The summed E-state index contributed by atoms with van der Waals surface area (Å²) < 4.78 is 11.1. The molecule has 1 aromatic carbocycles. The number of ether oxygens (including phenoxy) is 2. The number of hydrogen-bond donors (Lipinski definition) is 2. The fraction of sp³-hybridized carbons (Fsp3) is 0.571. The van der Waals surface area contributed by atoms with Crippen molar-refractivity contribution in [2.24, 2.45) is 5.84 Å². The van der Waals surface area contributed by atoms with Gasteiger partial charge in [0, 0.05) is 7.11 Å². The van der Waals surface area contributed by atoms with E-state index in [1.807, 2.05) is 18.2 Å². The summed E-state index contributed by atoms with van der Waals surface area (Å²) in [4.78, 5) is 0. The van der Waals surface area contributed by atoms with Crippen molar-refractivity contribution in [2.45, 2.75) is 37.3 Å². The molecule has 0 spiro atoms. The van der Waals surface area contributed by atoms with Gasteiger partial charge >= 0.3 is 0 Å². The van der Waals surface area contributed by atoms with Crippen molar-refractivity contribution in [1.29, 1.82) is 0 Å². The van der Waals surface area contributed by atoms with Crippen LogP contribution in [0, 0.1) is 0 Å². The lowest BCUT2D eigenvalue weighted by atomic mass is 9.73. The van der Waals surface area contributed by atoms with Crippen molar-refractivity contribution >= 4 is 0 Å². The van der Waals surface area contributed by atoms with E-state index in [1.165, 1.54) is 6.42 Å². The minimum absolute atomic E-state index is 0.115. The highest BCUT2D eigenvalue weighted by atomic mass is 16.5. The second-order valence-electron chi connectivity index (χ2n) is 4.86. The molecule has 1 aromatic rings. The van der Waals surface area contributed by atoms with E-state index in [2.05, 4.69) is 11.5 Å². The smallest absolute Gasteiger partial charge is 0.122 e. The average Bonchev–Trinajstić information content (AvgIpc) is 2.37. The number of nitrogens with one attached hydrogen (secondary N) is 1. The zero-order valence-electron chi connectivity index (χ0n) is 11.1. The summed E-state index contributed by atoms with van der Waals surface area (Å²) in [6, 6.07) is 8.16. The Kier molecular flexibility index (Phi) is 4.22. The Bertz CT molecular complexity index is 386. The quantitative estimate of drug-likeness (QED) is 0.595. The molecule has 1 aliphatic carbocycles. The van der Waals surface area contributed by atoms with Crippen LogP contribution in [0.1, 0.15) is 24.8 Å². The van der Waals surface area contributed by atoms with Gasteiger partial charge in [-0.25, -0.2) is 0 Å². The Morgan fingerprint density at radius 2 is 2.06 bits per heavy atom. The summed E-state index contributed by atoms with van der Waals surface area (Å²) >= 11 is 0. The van der Waals surface area contributed by atoms with Gasteiger partial charge in [-0.1, -0.05) is 18.2 Å². The number of rotatable bonds is 6. The number of hydrazine groups is 1. The highest BCUT2D eigenvalue weighted by Gasteiger charge is 2.44. The average molecular weight is 250 g/mol. The molecule has 1 unspecified atom stereocenters. The first-order chi connectivity index (χ1) is 8.75. The van der Waals surface area contributed by atoms with Crippen LogP contribution in [0.2, 0.25) is 0 Å². The molecule has 0 radical (unpaired) electrons. The van der Waals surface area contributed by atoms with Crippen molar-refractivity contribution in [2.75, 3.05) is 14.2 Å². The van der Waals surface area contributed by atoms with E-state index >= 15 is 0 Å². The van der Waals surface area contributed by atoms with Crippen molar-refractivity contribution in [3.05, 3.63) is 29.8 Å². The van der Waals surface area contributed by atoms with Crippen LogP contribution < -0.4 is 16.0 Å². The van der Waals surface area contributed by atoms with Crippen LogP contribution in [-0.2, 0) is 11.2 Å². The predicted octanol–water partition coefficient (Wildman–Crippen LogP) is 1.64. The molecule has 2 rings (SSSR count). The summed E-state index contributed by atoms with van der Waals surface area (Å²) in [5, 5.41) is 0. The first-order valence-corrected chi connectivity index (χ1v) is 6.39. The second-order valence-corrected chi connectivity index (χ2v) is 4.86. The topological polar surface area (TPSA) is 56.5 Å². The Morgan fingerprint density at radius 1 is 1.33 bits per heavy atom. The van der Waals surface area contributed by atoms with Crippen LogP contribution in [0.15, 0.2) is 24.3 Å². The van der Waals surface area contributed by atoms with Gasteiger partial charge in [0.25, 0.3) is 0 Å². The third kappa shape index (κ3) is 2.36. The molecular weight excluding hydrogens is 228 g/mol. The Labute approximate surface area is 108 Å². The predicted molar refractivity (Wildman–Crippen MR) is 71.4 cm³/mol. The number of benzene rings is 1. The molecule has 0 aromatic heterocycles. The van der Waals surface area contributed by atoms with Gasteiger partial charge in [0.2, 0.25) is 0 Å². The van der Waals surface area contributed by atoms with Crippen molar-refractivity contribution < 1.29 is 9.47 Å². The van der Waals surface area contributed by atoms with E-state index in [4.69, 9.17) is 15.3 Å². The summed E-state index contributed by atoms with van der Waals surface area (Å²) in [7, 11) is 3.46. The fourth-order valence-corrected chi connectivity index (χ4v) is 2.71. The van der Waals surface area contributed by atoms with Crippen LogP contribution >= 0.6 is 0 Å². The zero-order valence-corrected chi connectivity index (χ0v) is 11.1. The Hall–Kier alpha value is -1.10. The molecule has 1 atom stereocenters. The lowest BCUT2D eigenvalue weighted by molar-refractivity contribution is -0.0982. The minimum Gasteiger partial charge on any atom is -0.496 e. The van der Waals surface area contributed by atoms with Crippen molar-refractivity contribution in [3.63, 3.8) is 0 Å². The van der Waals surface area contributed by atoms with Gasteiger partial charge in [-0.05, 0) is 37.3 Å². The maximum absolute atomic E-state index is 5.71. The van der Waals surface area contributed by atoms with Crippen LogP contribution in [-0.4, -0.2) is 25.9 Å². The van der Waals surface area contributed by atoms with Gasteiger partial charge in [0.1, 0.15) is 5.75 Å². The molecule has 0 bridgehead atoms. The van der Waals surface area contributed by atoms with E-state index < -0.39 is 0 Å². The third-order valence-corrected chi connectivity index (χ3v) is 4.06. The minimum atomic E-state index is -0.115. The molecule has 4 heteroatoms. The molecule has 1 aliphatic rings. The first-order valence-electron chi connectivity index (χ1n) is 6.39. The van der Waals surface area contributed by atoms with E-state index in [-0.39, 0.29) is 11.6 Å². The van der Waals surface area contributed by atoms with Crippen LogP contribution in [0.4, 0.5) is 0 Å². The van der Waals surface area contributed by atoms with Crippen LogP contribution in [0.5, 0.6) is 5.75 Å². The molecule has 0 amide bonds. The Morgan fingerprint density at radius 3 is 2.56 bits per heavy atom. The molecule has 0 heterocycles. The van der Waals surface area contributed by atoms with Gasteiger partial charge in [-0.2, -0.15) is 0 Å². The normalized spacial score (nSPS) is 19.1. The molecule has 0 saturated heterocycles. The zero-order chi connectivity index (χ0) is 13.0. The second kappa shape index (κ2) is 5.69. The number of methoxy groups -OCH3 is 2. The fourth-order valence-electron chi connectivity index (χ4n) is 2.71. The first kappa shape index (κ1) is 13.3. The van der Waals surface area contributed by atoms with Gasteiger partial charge < -0.3 is 9.47 Å². The highest BCUT2D eigenvalue weighted by molar-refractivity contribution is 5.34. The number of hydrogen-bond acceptors (Lipinski definition) is 4. The summed E-state index contributed by atoms with van der Waals surface area (Å²) in [6.07, 6.45) is 4.15. The molecular formula is C14H22N2O2. The van der Waals surface area contributed by atoms with E-state index in [0.717, 1.165) is 30.6 Å². The third-order valence-electron chi connectivity index (χ3n) is 4.06. The lowest BCUT2D eigenvalue weighted by Crippen LogP contribution is -2.59. The van der Waals surface area contributed by atoms with Crippen molar-refractivity contribution in [3.8, 4) is 5.75 Å². The SMILES string of the molecule is COc1ccccc1CC(NN)C1(OC)CCC1. The van der Waals surface area contributed by atoms with E-state index in [1.54, 1.807) is 14.2 Å². The van der Waals surface area contributed by atoms with E-state index in [9.17, 15) is 0 Å². The molecule has 3 N–H and O–H groups in total. The van der Waals surface area contributed by atoms with Gasteiger partial charge in [-0.15, -0.1) is 0 Å². The molecule has 0 aliphatic heterocycles. The number of para-hydroxylation sites is 1. The lowest BCUT2D eigenvalue weighted by Gasteiger charge is -2.46. The monoisotopic (exact) mass is 250 g/mol. The van der Waals surface area contributed by atoms with Crippen LogP contribution in [0.3, 0.4) is 0 Å². The Balaban J connectivity index is 2.15. The molecule has 1 saturated carbocycles. The molecule has 100 valence electrons. The number of nitrogens with two attached hydrogens (primary N) is 1. The molecule has 1 fully saturated rings. The van der Waals surface area contributed by atoms with Gasteiger partial charge in [0.05, 0.1) is 18.8 Å². The van der Waals surface area contributed by atoms with Gasteiger partial charge in [-0.3, -0.25) is 11.3 Å². The molecule has 4 nitrogen and oxygen atoms in total.